The molecule has 6 aliphatic heterocycles. The highest BCUT2D eigenvalue weighted by atomic mass is 16.6. The Morgan fingerprint density at radius 2 is 0.797 bits per heavy atom. The maximum Gasteiger partial charge on any atom is 0.329 e. The monoisotopic (exact) mass is 1800 g/mol. The van der Waals surface area contributed by atoms with E-state index in [-0.39, 0.29) is 109 Å². The number of esters is 2. The molecule has 10 N–H and O–H groups in total. The number of carbonyl (C=O) groups excluding carboxylic acids is 8. The second kappa shape index (κ2) is 52.5. The van der Waals surface area contributed by atoms with Crippen LogP contribution in [0.1, 0.15) is 264 Å². The molecule has 4 saturated heterocycles. The van der Waals surface area contributed by atoms with Crippen molar-refractivity contribution in [2.45, 2.75) is 373 Å². The van der Waals surface area contributed by atoms with E-state index in [9.17, 15) is 79.4 Å². The molecule has 8 aliphatic rings. The molecule has 8 rings (SSSR count). The molecule has 2 aliphatic carbocycles. The first kappa shape index (κ1) is 109. The van der Waals surface area contributed by atoms with Crippen LogP contribution in [-0.4, -0.2) is 248 Å². The molecule has 4 bridgehead atoms. The Morgan fingerprint density at radius 1 is 0.430 bits per heavy atom. The highest BCUT2D eigenvalue weighted by molar-refractivity contribution is 6.39. The molecule has 6 fully saturated rings. The summed E-state index contributed by atoms with van der Waals surface area (Å²) in [6, 6.07) is -3.26. The van der Waals surface area contributed by atoms with Gasteiger partial charge in [0.2, 0.25) is 11.6 Å². The van der Waals surface area contributed by atoms with Crippen LogP contribution < -0.4 is 11.0 Å². The number of nitrogens with one attached hydrogen (secondary N) is 2. The SMILES string of the molecule is CO[C@@H]1C[C@H](C[C@@H](C)[C@@H]2CC[C@H](C)/C=C(\C)[C@@H](O)[C@@H](OC)C(=O)[C@H](C)C[C@H](C)/C=C/C=C/C=C(\C)[C@@H](NO)C[C@@H]3CC[C@@H](C)[C@@](O)(O3)C(=O)C(=O)N3CCCC[C@H]3C(=O)O2)CC[C@H]1O.CO[C@@H]1C[C@H](C[C@@H](C)[C@@H]2CC[C@H](C)/C=C(\C)[C@@H](O)[C@@H](OC)C(=O)[C@H](C)C[C@H](C)/C=C/C=C/C=C(\C)[C@H](NO)C[C@@H]3CC[C@@H](C)[C@@](O)(O3)C(=O)C(=O)N3CCCC[C@H]3C(=O)O2)CC[C@H]1O. The van der Waals surface area contributed by atoms with Crippen LogP contribution in [0.25, 0.3) is 0 Å². The first-order chi connectivity index (χ1) is 60.7. The second-order valence-corrected chi connectivity index (χ2v) is 39.3. The number of hydrogen-bond donors (Lipinski definition) is 10. The summed E-state index contributed by atoms with van der Waals surface area (Å²) in [5, 5.41) is 88.0. The summed E-state index contributed by atoms with van der Waals surface area (Å²) in [7, 11) is 6.07. The number of carbonyl (C=O) groups is 8. The van der Waals surface area contributed by atoms with Crippen molar-refractivity contribution in [2.75, 3.05) is 41.5 Å². The van der Waals surface area contributed by atoms with E-state index in [4.69, 9.17) is 37.9 Å². The molecular formula is C100H160N4O24. The van der Waals surface area contributed by atoms with Crippen LogP contribution in [0, 0.1) is 71.0 Å². The molecule has 128 heavy (non-hydrogen) atoms. The predicted octanol–water partition coefficient (Wildman–Crippen LogP) is 12.7. The lowest BCUT2D eigenvalue weighted by molar-refractivity contribution is -0.264. The van der Waals surface area contributed by atoms with Gasteiger partial charge >= 0.3 is 11.9 Å². The van der Waals surface area contributed by atoms with Crippen molar-refractivity contribution in [3.8, 4) is 0 Å². The van der Waals surface area contributed by atoms with Gasteiger partial charge in [-0.15, -0.1) is 0 Å². The number of ketones is 4. The highest BCUT2D eigenvalue weighted by Gasteiger charge is 2.56. The molecule has 0 aromatic rings. The summed E-state index contributed by atoms with van der Waals surface area (Å²) in [4.78, 5) is 115. The smallest absolute Gasteiger partial charge is 0.329 e. The Balaban J connectivity index is 0.000000351. The van der Waals surface area contributed by atoms with Crippen LogP contribution in [0.4, 0.5) is 0 Å². The summed E-state index contributed by atoms with van der Waals surface area (Å²) < 4.78 is 47.4. The van der Waals surface area contributed by atoms with Crippen molar-refractivity contribution < 1.29 is 117 Å². The topological polar surface area (TPSA) is 403 Å². The number of piperidine rings is 2. The van der Waals surface area contributed by atoms with Gasteiger partial charge in [-0.05, 0) is 253 Å². The quantitative estimate of drug-likeness (QED) is 0.0375. The van der Waals surface area contributed by atoms with Crippen LogP contribution in [-0.2, 0) is 76.3 Å². The fourth-order valence-electron chi connectivity index (χ4n) is 20.4. The molecule has 0 radical (unpaired) electrons. The van der Waals surface area contributed by atoms with Crippen LogP contribution >= 0.6 is 0 Å². The van der Waals surface area contributed by atoms with Gasteiger partial charge in [-0.3, -0.25) is 28.8 Å². The molecule has 2 amide bonds. The minimum atomic E-state index is -2.43. The van der Waals surface area contributed by atoms with Gasteiger partial charge in [0.25, 0.3) is 23.4 Å². The fraction of sp³-hybridized carbons (Fsp3) is 0.760. The summed E-state index contributed by atoms with van der Waals surface area (Å²) in [5.74, 6) is -12.7. The van der Waals surface area contributed by atoms with E-state index in [1.807, 2.05) is 142 Å². The number of nitrogens with zero attached hydrogens (tertiary/aromatic N) is 2. The number of amides is 2. The number of aliphatic hydroxyl groups is 6. The Morgan fingerprint density at radius 3 is 1.14 bits per heavy atom. The van der Waals surface area contributed by atoms with E-state index in [1.165, 1.54) is 24.0 Å². The first-order valence-corrected chi connectivity index (χ1v) is 47.7. The van der Waals surface area contributed by atoms with Gasteiger partial charge in [0.05, 0.1) is 48.7 Å². The van der Waals surface area contributed by atoms with Crippen molar-refractivity contribution >= 4 is 46.9 Å². The van der Waals surface area contributed by atoms with Gasteiger partial charge in [0.1, 0.15) is 48.7 Å². The predicted molar refractivity (Wildman–Crippen MR) is 485 cm³/mol. The third-order valence-electron chi connectivity index (χ3n) is 28.9. The van der Waals surface area contributed by atoms with Crippen LogP contribution in [0.3, 0.4) is 0 Å². The van der Waals surface area contributed by atoms with Crippen molar-refractivity contribution in [3.05, 3.63) is 95.2 Å². The van der Waals surface area contributed by atoms with Crippen LogP contribution in [0.5, 0.6) is 0 Å². The van der Waals surface area contributed by atoms with Crippen molar-refractivity contribution in [2.24, 2.45) is 71.0 Å². The zero-order chi connectivity index (χ0) is 94.6. The minimum Gasteiger partial charge on any atom is -0.461 e. The van der Waals surface area contributed by atoms with E-state index < -0.39 is 144 Å². The minimum absolute atomic E-state index is 0.0402. The Hall–Kier alpha value is -6.16. The van der Waals surface area contributed by atoms with Crippen LogP contribution in [0.15, 0.2) is 95.2 Å². The number of hydroxylamine groups is 2. The molecule has 30 atom stereocenters. The maximum atomic E-state index is 14.3. The number of aliphatic hydroxyl groups excluding tert-OH is 4. The van der Waals surface area contributed by atoms with Gasteiger partial charge in [0.15, 0.2) is 11.6 Å². The Bertz CT molecular complexity index is 3600. The molecule has 6 heterocycles. The molecule has 28 heteroatoms. The van der Waals surface area contributed by atoms with E-state index in [0.29, 0.717) is 152 Å². The summed E-state index contributed by atoms with van der Waals surface area (Å²) in [6.45, 7) is 26.7. The number of ether oxygens (including phenoxy) is 8. The number of allylic oxidation sites excluding steroid dienone is 12. The van der Waals surface area contributed by atoms with Gasteiger partial charge in [-0.25, -0.2) is 9.59 Å². The zero-order valence-electron chi connectivity index (χ0n) is 79.9. The number of methoxy groups -OCH3 is 4. The maximum absolute atomic E-state index is 14.3. The molecule has 0 aromatic heterocycles. The highest BCUT2D eigenvalue weighted by Crippen LogP contribution is 2.42. The molecule has 0 unspecified atom stereocenters. The Kier molecular flexibility index (Phi) is 44.6. The molecule has 28 nitrogen and oxygen atoms in total. The third kappa shape index (κ3) is 30.4. The third-order valence-corrected chi connectivity index (χ3v) is 28.9. The van der Waals surface area contributed by atoms with E-state index in [0.717, 1.165) is 24.0 Å². The zero-order valence-corrected chi connectivity index (χ0v) is 79.9. The fourth-order valence-corrected chi connectivity index (χ4v) is 20.4. The van der Waals surface area contributed by atoms with Crippen molar-refractivity contribution in [1.82, 2.24) is 20.8 Å². The number of rotatable bonds is 12. The van der Waals surface area contributed by atoms with Gasteiger partial charge in [0, 0.05) is 65.2 Å². The first-order valence-electron chi connectivity index (χ1n) is 47.7. The number of hydrogen-bond acceptors (Lipinski definition) is 26. The molecule has 0 spiro atoms. The summed E-state index contributed by atoms with van der Waals surface area (Å²) in [5.41, 5.74) is 7.37. The molecule has 0 aromatic carbocycles. The van der Waals surface area contributed by atoms with Gasteiger partial charge < -0.3 is 88.7 Å². The van der Waals surface area contributed by atoms with E-state index in [2.05, 4.69) is 11.0 Å². The molecular weight excluding hydrogens is 1640 g/mol. The summed E-state index contributed by atoms with van der Waals surface area (Å²) in [6.07, 6.45) is 28.1. The summed E-state index contributed by atoms with van der Waals surface area (Å²) >= 11 is 0. The van der Waals surface area contributed by atoms with Crippen LogP contribution in [0.2, 0.25) is 0 Å². The largest absolute Gasteiger partial charge is 0.461 e. The van der Waals surface area contributed by atoms with Crippen molar-refractivity contribution in [1.29, 1.82) is 0 Å². The molecule has 724 valence electrons. The van der Waals surface area contributed by atoms with Gasteiger partial charge in [-0.2, -0.15) is 11.0 Å². The normalized spacial score (nSPS) is 40.8. The second-order valence-electron chi connectivity index (χ2n) is 39.3. The average molecular weight is 1800 g/mol. The Labute approximate surface area is 761 Å². The van der Waals surface area contributed by atoms with Crippen molar-refractivity contribution in [3.63, 3.8) is 0 Å². The van der Waals surface area contributed by atoms with E-state index in [1.54, 1.807) is 41.9 Å². The lowest BCUT2D eigenvalue weighted by Crippen LogP contribution is -2.61. The van der Waals surface area contributed by atoms with Gasteiger partial charge in [-0.1, -0.05) is 153 Å². The standard InChI is InChI=1S/2C50H80N2O12/c2*1-30-15-11-10-12-16-32(3)39(51-60)29-38-21-19-36(7)50(59,64-38)47(56)48(57)52-24-14-13-17-40(52)49(58)63-42(33(4)27-37-20-22-41(53)43(28-37)61-8)23-18-31(2)26-35(6)45(55)46(62-9)44(54)34(5)25-30/h2*10-12,15-16,26,30-31,33-34,36-43,45-46,51,53,55,59-60H,13-14,17-25,27-29H2,1-9H3/b2*12-10+,15-11+,32-16+,35-26+/t30-,31+,33-,34-,36-,37+,38+,39+,40+,41-,42+,43-,45-,46+,50-;30-,31+,33-,34-,36-,37+,38+,39-,40+,41-,42+,43-,45-,46+,50-/m11/s1. The van der Waals surface area contributed by atoms with E-state index >= 15 is 0 Å². The number of fused-ring (bicyclic) bond motifs is 6. The number of cyclic esters (lactones) is 2. The lowest BCUT2D eigenvalue weighted by atomic mass is 9.78. The lowest BCUT2D eigenvalue weighted by Gasteiger charge is -2.42. The molecule has 2 saturated carbocycles. The average Bonchev–Trinajstić information content (AvgIpc) is 0.775. The number of Topliss-reactive ketones (excluding diaryl/α,β-unsaturated/α-hetero) is 4.